The van der Waals surface area contributed by atoms with Crippen molar-refractivity contribution in [2.75, 3.05) is 0 Å². The number of hydrogen-bond acceptors (Lipinski definition) is 3. The quantitative estimate of drug-likeness (QED) is 0.668. The van der Waals surface area contributed by atoms with Crippen LogP contribution in [0.4, 0.5) is 4.39 Å². The fourth-order valence-corrected chi connectivity index (χ4v) is 3.40. The average molecular weight is 369 g/mol. The molecule has 0 saturated carbocycles. The zero-order chi connectivity index (χ0) is 18.5. The van der Waals surface area contributed by atoms with Gasteiger partial charge in [0.1, 0.15) is 5.82 Å². The maximum absolute atomic E-state index is 12.9. The summed E-state index contributed by atoms with van der Waals surface area (Å²) in [5, 5.41) is 3.37. The lowest BCUT2D eigenvalue weighted by molar-refractivity contribution is -0.120. The molecule has 0 aliphatic heterocycles. The number of rotatable bonds is 6. The minimum absolute atomic E-state index is 0.0800. The van der Waals surface area contributed by atoms with Crippen molar-refractivity contribution in [3.05, 3.63) is 72.2 Å². The Morgan fingerprint density at radius 2 is 1.88 bits per heavy atom. The average Bonchev–Trinajstić information content (AvgIpc) is 3.02. The van der Waals surface area contributed by atoms with E-state index in [1.165, 1.54) is 23.9 Å². The molecule has 3 rings (SSSR count). The van der Waals surface area contributed by atoms with E-state index in [9.17, 15) is 9.18 Å². The number of aromatic nitrogens is 2. The number of hydrogen-bond donors (Lipinski definition) is 1. The van der Waals surface area contributed by atoms with Gasteiger partial charge < -0.3 is 9.88 Å². The summed E-state index contributed by atoms with van der Waals surface area (Å²) in [6.07, 6.45) is 1.82. The monoisotopic (exact) mass is 369 g/mol. The number of nitrogens with one attached hydrogen (secondary N) is 1. The van der Waals surface area contributed by atoms with Gasteiger partial charge in [0.2, 0.25) is 5.91 Å². The van der Waals surface area contributed by atoms with Gasteiger partial charge in [-0.1, -0.05) is 54.2 Å². The van der Waals surface area contributed by atoms with Crippen LogP contribution >= 0.6 is 11.8 Å². The van der Waals surface area contributed by atoms with Crippen LogP contribution < -0.4 is 5.32 Å². The number of thioether (sulfide) groups is 1. The van der Waals surface area contributed by atoms with Crippen molar-refractivity contribution in [1.82, 2.24) is 14.9 Å². The number of carbonyl (C=O) groups excluding carboxylic acids is 1. The minimum atomic E-state index is -0.292. The van der Waals surface area contributed by atoms with Crippen molar-refractivity contribution in [3.63, 3.8) is 0 Å². The van der Waals surface area contributed by atoms with Gasteiger partial charge in [0, 0.05) is 13.6 Å². The molecule has 0 saturated heterocycles. The van der Waals surface area contributed by atoms with Crippen LogP contribution in [0.2, 0.25) is 0 Å². The van der Waals surface area contributed by atoms with Crippen molar-refractivity contribution < 1.29 is 9.18 Å². The van der Waals surface area contributed by atoms with E-state index in [1.54, 1.807) is 12.1 Å². The molecule has 1 heterocycles. The van der Waals surface area contributed by atoms with E-state index < -0.39 is 0 Å². The van der Waals surface area contributed by atoms with E-state index in [-0.39, 0.29) is 17.0 Å². The summed E-state index contributed by atoms with van der Waals surface area (Å²) >= 11 is 1.41. The molecule has 0 bridgehead atoms. The van der Waals surface area contributed by atoms with E-state index in [0.29, 0.717) is 6.54 Å². The first-order valence-electron chi connectivity index (χ1n) is 8.30. The molecule has 2 aromatic carbocycles. The maximum Gasteiger partial charge on any atom is 0.233 e. The Morgan fingerprint density at radius 1 is 1.19 bits per heavy atom. The Bertz CT molecular complexity index is 878. The van der Waals surface area contributed by atoms with Crippen LogP contribution in [0, 0.1) is 5.82 Å². The van der Waals surface area contributed by atoms with Crippen LogP contribution in [0.3, 0.4) is 0 Å². The van der Waals surface area contributed by atoms with Crippen LogP contribution in [0.5, 0.6) is 0 Å². The van der Waals surface area contributed by atoms with Gasteiger partial charge in [0.05, 0.1) is 17.1 Å². The Morgan fingerprint density at radius 3 is 2.58 bits per heavy atom. The van der Waals surface area contributed by atoms with Gasteiger partial charge in [0.15, 0.2) is 5.16 Å². The molecule has 134 valence electrons. The third kappa shape index (κ3) is 4.32. The second-order valence-corrected chi connectivity index (χ2v) is 7.26. The van der Waals surface area contributed by atoms with Gasteiger partial charge in [0.25, 0.3) is 0 Å². The Kier molecular flexibility index (Phi) is 5.73. The second kappa shape index (κ2) is 8.19. The fourth-order valence-electron chi connectivity index (χ4n) is 2.53. The smallest absolute Gasteiger partial charge is 0.233 e. The number of nitrogens with zero attached hydrogens (tertiary/aromatic N) is 2. The number of imidazole rings is 1. The molecule has 0 spiro atoms. The number of halogens is 1. The van der Waals surface area contributed by atoms with Crippen LogP contribution in [-0.2, 0) is 18.4 Å². The molecule has 0 fully saturated rings. The third-order valence-corrected chi connectivity index (χ3v) is 5.20. The Labute approximate surface area is 156 Å². The van der Waals surface area contributed by atoms with Crippen molar-refractivity contribution in [1.29, 1.82) is 0 Å². The summed E-state index contributed by atoms with van der Waals surface area (Å²) in [6, 6.07) is 16.1. The zero-order valence-corrected chi connectivity index (χ0v) is 15.5. The molecule has 0 radical (unpaired) electrons. The van der Waals surface area contributed by atoms with E-state index >= 15 is 0 Å². The zero-order valence-electron chi connectivity index (χ0n) is 14.6. The predicted molar refractivity (Wildman–Crippen MR) is 102 cm³/mol. The topological polar surface area (TPSA) is 46.9 Å². The molecular formula is C20H20FN3OS. The van der Waals surface area contributed by atoms with Crippen LogP contribution in [0.1, 0.15) is 12.5 Å². The first-order chi connectivity index (χ1) is 12.5. The summed E-state index contributed by atoms with van der Waals surface area (Å²) in [5.74, 6) is -0.364. The third-order valence-electron chi connectivity index (χ3n) is 4.05. The van der Waals surface area contributed by atoms with Gasteiger partial charge in [-0.2, -0.15) is 0 Å². The molecule has 1 amide bonds. The number of amides is 1. The molecule has 1 N–H and O–H groups in total. The Hall–Kier alpha value is -2.60. The molecule has 0 aliphatic rings. The summed E-state index contributed by atoms with van der Waals surface area (Å²) in [7, 11) is 1.95. The molecule has 1 aromatic heterocycles. The number of carbonyl (C=O) groups is 1. The van der Waals surface area contributed by atoms with Gasteiger partial charge >= 0.3 is 0 Å². The molecule has 1 unspecified atom stereocenters. The Balaban J connectivity index is 1.61. The highest BCUT2D eigenvalue weighted by Crippen LogP contribution is 2.27. The largest absolute Gasteiger partial charge is 0.351 e. The van der Waals surface area contributed by atoms with E-state index in [4.69, 9.17) is 0 Å². The van der Waals surface area contributed by atoms with Gasteiger partial charge in [-0.3, -0.25) is 4.79 Å². The van der Waals surface area contributed by atoms with E-state index in [1.807, 2.05) is 55.1 Å². The molecule has 4 nitrogen and oxygen atoms in total. The van der Waals surface area contributed by atoms with Crippen LogP contribution in [0.15, 0.2) is 66.0 Å². The molecular weight excluding hydrogens is 349 g/mol. The first kappa shape index (κ1) is 18.2. The lowest BCUT2D eigenvalue weighted by atomic mass is 10.2. The van der Waals surface area contributed by atoms with Crippen molar-refractivity contribution in [2.24, 2.45) is 7.05 Å². The van der Waals surface area contributed by atoms with E-state index in [2.05, 4.69) is 10.3 Å². The van der Waals surface area contributed by atoms with Gasteiger partial charge in [-0.25, -0.2) is 9.37 Å². The maximum atomic E-state index is 12.9. The summed E-state index contributed by atoms with van der Waals surface area (Å²) < 4.78 is 14.9. The molecule has 3 aromatic rings. The van der Waals surface area contributed by atoms with Gasteiger partial charge in [-0.05, 0) is 30.2 Å². The lowest BCUT2D eigenvalue weighted by Crippen LogP contribution is -2.30. The molecule has 6 heteroatoms. The van der Waals surface area contributed by atoms with Crippen molar-refractivity contribution in [3.8, 4) is 11.3 Å². The normalized spacial score (nSPS) is 12.0. The number of benzene rings is 2. The highest BCUT2D eigenvalue weighted by Gasteiger charge is 2.18. The van der Waals surface area contributed by atoms with Gasteiger partial charge in [-0.15, -0.1) is 0 Å². The second-order valence-electron chi connectivity index (χ2n) is 5.96. The highest BCUT2D eigenvalue weighted by atomic mass is 32.2. The first-order valence-corrected chi connectivity index (χ1v) is 9.18. The minimum Gasteiger partial charge on any atom is -0.351 e. The summed E-state index contributed by atoms with van der Waals surface area (Å²) in [5.41, 5.74) is 2.95. The predicted octanol–water partition coefficient (Wildman–Crippen LogP) is 4.02. The summed E-state index contributed by atoms with van der Waals surface area (Å²) in [6.45, 7) is 2.22. The lowest BCUT2D eigenvalue weighted by Gasteiger charge is -2.12. The molecule has 26 heavy (non-hydrogen) atoms. The standard InChI is InChI=1S/C20H20FN3OS/c1-14(19(25)22-12-15-8-10-17(21)11-9-15)26-20-23-13-18(24(20)2)16-6-4-3-5-7-16/h3-11,13-14H,12H2,1-2H3,(H,22,25). The van der Waals surface area contributed by atoms with Crippen LogP contribution in [-0.4, -0.2) is 20.7 Å². The highest BCUT2D eigenvalue weighted by molar-refractivity contribution is 8.00. The SMILES string of the molecule is CC(Sc1ncc(-c2ccccc2)n1C)C(=O)NCc1ccc(F)cc1. The van der Waals surface area contributed by atoms with Crippen LogP contribution in [0.25, 0.3) is 11.3 Å². The molecule has 1 atom stereocenters. The fraction of sp³-hybridized carbons (Fsp3) is 0.200. The van der Waals surface area contributed by atoms with Crippen molar-refractivity contribution in [2.45, 2.75) is 23.9 Å². The van der Waals surface area contributed by atoms with Crippen molar-refractivity contribution >= 4 is 17.7 Å². The van der Waals surface area contributed by atoms with E-state index in [0.717, 1.165) is 22.0 Å². The summed E-state index contributed by atoms with van der Waals surface area (Å²) in [4.78, 5) is 16.8. The molecule has 0 aliphatic carbocycles.